The van der Waals surface area contributed by atoms with E-state index >= 15 is 0 Å². The lowest BCUT2D eigenvalue weighted by atomic mass is 9.84. The van der Waals surface area contributed by atoms with Crippen molar-refractivity contribution in [2.45, 2.75) is 19.3 Å². The van der Waals surface area contributed by atoms with E-state index in [2.05, 4.69) is 16.0 Å². The standard InChI is InChI=1S/C33H34N4O6/c1-20(38)27-18-30(42-2)31(43-3)19-28(27)25(15-16-35-32(40)26-9-4-5-10-29(26)39)21-11-13-23(14-12-21)36-33(41)37-24-8-6-7-22(34)17-24/h4-14,17-19,25,39H,15-16,34H2,1-3H3,(H,35,40)(H2,36,37,41). The number of aromatic hydroxyl groups is 1. The summed E-state index contributed by atoms with van der Waals surface area (Å²) >= 11 is 0. The van der Waals surface area contributed by atoms with Crippen molar-refractivity contribution in [2.75, 3.05) is 37.1 Å². The molecule has 4 aromatic carbocycles. The van der Waals surface area contributed by atoms with Gasteiger partial charge in [0.1, 0.15) is 5.75 Å². The number of benzene rings is 4. The number of phenolic OH excluding ortho intramolecular Hbond substituents is 1. The number of hydrogen-bond donors (Lipinski definition) is 5. The molecule has 10 nitrogen and oxygen atoms in total. The van der Waals surface area contributed by atoms with Gasteiger partial charge >= 0.3 is 6.03 Å². The number of ketones is 1. The third kappa shape index (κ3) is 7.62. The van der Waals surface area contributed by atoms with Crippen LogP contribution in [0.2, 0.25) is 0 Å². The van der Waals surface area contributed by atoms with Crippen molar-refractivity contribution in [3.63, 3.8) is 0 Å². The molecule has 3 amide bonds. The largest absolute Gasteiger partial charge is 0.507 e. The fourth-order valence-corrected chi connectivity index (χ4v) is 4.79. The number of carbonyl (C=O) groups excluding carboxylic acids is 3. The average molecular weight is 583 g/mol. The highest BCUT2D eigenvalue weighted by molar-refractivity contribution is 6.00. The Hall–Kier alpha value is -5.51. The first-order valence-electron chi connectivity index (χ1n) is 13.6. The minimum absolute atomic E-state index is 0.113. The molecule has 1 atom stereocenters. The van der Waals surface area contributed by atoms with Gasteiger partial charge in [-0.15, -0.1) is 0 Å². The van der Waals surface area contributed by atoms with E-state index in [0.29, 0.717) is 46.1 Å². The average Bonchev–Trinajstić information content (AvgIpc) is 2.99. The SMILES string of the molecule is COc1cc(C(C)=O)c(C(CCNC(=O)c2ccccc2O)c2ccc(NC(=O)Nc3cccc(N)c3)cc2)cc1OC. The molecule has 0 heterocycles. The number of ether oxygens (including phenoxy) is 2. The van der Waals surface area contributed by atoms with Crippen LogP contribution >= 0.6 is 0 Å². The lowest BCUT2D eigenvalue weighted by molar-refractivity contribution is 0.0948. The summed E-state index contributed by atoms with van der Waals surface area (Å²) in [6, 6.07) is 23.4. The Morgan fingerprint density at radius 3 is 2.14 bits per heavy atom. The molecule has 0 fully saturated rings. The molecule has 0 saturated heterocycles. The van der Waals surface area contributed by atoms with Gasteiger partial charge in [-0.2, -0.15) is 0 Å². The van der Waals surface area contributed by atoms with Gasteiger partial charge in [0.15, 0.2) is 17.3 Å². The van der Waals surface area contributed by atoms with Crippen LogP contribution in [-0.4, -0.2) is 43.6 Å². The molecule has 222 valence electrons. The number of hydrogen-bond acceptors (Lipinski definition) is 7. The molecule has 0 aromatic heterocycles. The molecule has 10 heteroatoms. The summed E-state index contributed by atoms with van der Waals surface area (Å²) in [6.07, 6.45) is 0.414. The number of phenols is 1. The molecule has 4 rings (SSSR count). The Balaban J connectivity index is 1.60. The van der Waals surface area contributed by atoms with E-state index in [1.807, 2.05) is 12.1 Å². The van der Waals surface area contributed by atoms with E-state index < -0.39 is 11.9 Å². The van der Waals surface area contributed by atoms with E-state index in [1.54, 1.807) is 66.7 Å². The van der Waals surface area contributed by atoms with Gasteiger partial charge in [-0.25, -0.2) is 4.79 Å². The van der Waals surface area contributed by atoms with Gasteiger partial charge in [-0.1, -0.05) is 30.3 Å². The number of nitrogen functional groups attached to an aromatic ring is 1. The van der Waals surface area contributed by atoms with E-state index in [1.165, 1.54) is 27.2 Å². The Morgan fingerprint density at radius 1 is 0.814 bits per heavy atom. The van der Waals surface area contributed by atoms with Crippen molar-refractivity contribution in [3.05, 3.63) is 107 Å². The molecule has 0 aliphatic carbocycles. The third-order valence-corrected chi connectivity index (χ3v) is 6.89. The molecule has 0 bridgehead atoms. The maximum atomic E-state index is 12.8. The van der Waals surface area contributed by atoms with E-state index in [4.69, 9.17) is 15.2 Å². The van der Waals surface area contributed by atoms with E-state index in [-0.39, 0.29) is 29.6 Å². The lowest BCUT2D eigenvalue weighted by Crippen LogP contribution is -2.26. The van der Waals surface area contributed by atoms with Gasteiger partial charge < -0.3 is 36.3 Å². The highest BCUT2D eigenvalue weighted by atomic mass is 16.5. The van der Waals surface area contributed by atoms with Gasteiger partial charge in [0.2, 0.25) is 0 Å². The fourth-order valence-electron chi connectivity index (χ4n) is 4.79. The molecular formula is C33H34N4O6. The van der Waals surface area contributed by atoms with Crippen LogP contribution < -0.4 is 31.2 Å². The second kappa shape index (κ2) is 13.9. The number of amides is 3. The predicted octanol–water partition coefficient (Wildman–Crippen LogP) is 5.79. The minimum atomic E-state index is -0.430. The highest BCUT2D eigenvalue weighted by Crippen LogP contribution is 2.38. The molecular weight excluding hydrogens is 548 g/mol. The molecule has 6 N–H and O–H groups in total. The lowest BCUT2D eigenvalue weighted by Gasteiger charge is -2.23. The van der Waals surface area contributed by atoms with Crippen LogP contribution in [0.5, 0.6) is 17.2 Å². The monoisotopic (exact) mass is 582 g/mol. The van der Waals surface area contributed by atoms with Gasteiger partial charge in [-0.3, -0.25) is 9.59 Å². The van der Waals surface area contributed by atoms with Crippen molar-refractivity contribution in [2.24, 2.45) is 0 Å². The minimum Gasteiger partial charge on any atom is -0.507 e. The summed E-state index contributed by atoms with van der Waals surface area (Å²) in [5, 5.41) is 18.5. The van der Waals surface area contributed by atoms with Crippen LogP contribution in [0, 0.1) is 0 Å². The molecule has 0 radical (unpaired) electrons. The van der Waals surface area contributed by atoms with Crippen molar-refractivity contribution < 1.29 is 29.0 Å². The third-order valence-electron chi connectivity index (χ3n) is 6.89. The number of para-hydroxylation sites is 1. The number of methoxy groups -OCH3 is 2. The molecule has 43 heavy (non-hydrogen) atoms. The van der Waals surface area contributed by atoms with Crippen LogP contribution in [0.25, 0.3) is 0 Å². The topological polar surface area (TPSA) is 152 Å². The number of nitrogens with one attached hydrogen (secondary N) is 3. The molecule has 4 aromatic rings. The maximum absolute atomic E-state index is 12.8. The Kier molecular flexibility index (Phi) is 9.85. The second-order valence-electron chi connectivity index (χ2n) is 9.79. The molecule has 0 aliphatic heterocycles. The van der Waals surface area contributed by atoms with Crippen LogP contribution in [0.1, 0.15) is 51.1 Å². The van der Waals surface area contributed by atoms with Gasteiger partial charge in [0, 0.05) is 35.1 Å². The molecule has 0 aliphatic rings. The summed E-state index contributed by atoms with van der Waals surface area (Å²) in [5.41, 5.74) is 9.60. The van der Waals surface area contributed by atoms with Gasteiger partial charge in [0.05, 0.1) is 19.8 Å². The quantitative estimate of drug-likeness (QED) is 0.111. The summed E-state index contributed by atoms with van der Waals surface area (Å²) in [4.78, 5) is 38.1. The summed E-state index contributed by atoms with van der Waals surface area (Å²) in [7, 11) is 3.02. The molecule has 0 spiro atoms. The Bertz CT molecular complexity index is 1620. The van der Waals surface area contributed by atoms with Crippen molar-refractivity contribution >= 4 is 34.8 Å². The second-order valence-corrected chi connectivity index (χ2v) is 9.79. The van der Waals surface area contributed by atoms with Crippen molar-refractivity contribution in [3.8, 4) is 17.2 Å². The molecule has 1 unspecified atom stereocenters. The number of Topliss-reactive ketones (excluding diaryl/α,β-unsaturated/α-hetero) is 1. The summed E-state index contributed by atoms with van der Waals surface area (Å²) < 4.78 is 11.0. The smallest absolute Gasteiger partial charge is 0.323 e. The fraction of sp³-hybridized carbons (Fsp3) is 0.182. The van der Waals surface area contributed by atoms with Crippen LogP contribution in [-0.2, 0) is 0 Å². The van der Waals surface area contributed by atoms with Crippen LogP contribution in [0.4, 0.5) is 21.9 Å². The zero-order valence-electron chi connectivity index (χ0n) is 24.1. The zero-order valence-corrected chi connectivity index (χ0v) is 24.1. The van der Waals surface area contributed by atoms with Gasteiger partial charge in [-0.05, 0) is 79.1 Å². The van der Waals surface area contributed by atoms with Crippen molar-refractivity contribution in [1.82, 2.24) is 5.32 Å². The summed E-state index contributed by atoms with van der Waals surface area (Å²) in [5.74, 6) is -0.148. The van der Waals surface area contributed by atoms with Crippen LogP contribution in [0.15, 0.2) is 84.9 Å². The predicted molar refractivity (Wildman–Crippen MR) is 166 cm³/mol. The number of carbonyl (C=O) groups is 3. The zero-order chi connectivity index (χ0) is 30.9. The van der Waals surface area contributed by atoms with E-state index in [9.17, 15) is 19.5 Å². The first-order valence-corrected chi connectivity index (χ1v) is 13.6. The normalized spacial score (nSPS) is 11.2. The number of rotatable bonds is 11. The van der Waals surface area contributed by atoms with Crippen LogP contribution in [0.3, 0.4) is 0 Å². The van der Waals surface area contributed by atoms with E-state index in [0.717, 1.165) is 5.56 Å². The molecule has 0 saturated carbocycles. The first kappa shape index (κ1) is 30.4. The number of anilines is 3. The Labute approximate surface area is 249 Å². The first-order chi connectivity index (χ1) is 20.7. The van der Waals surface area contributed by atoms with Gasteiger partial charge in [0.25, 0.3) is 5.91 Å². The Morgan fingerprint density at radius 2 is 1.49 bits per heavy atom. The maximum Gasteiger partial charge on any atom is 0.323 e. The highest BCUT2D eigenvalue weighted by Gasteiger charge is 2.23. The number of nitrogens with two attached hydrogens (primary N) is 1. The summed E-state index contributed by atoms with van der Waals surface area (Å²) in [6.45, 7) is 1.72. The number of urea groups is 1. The van der Waals surface area contributed by atoms with Crippen molar-refractivity contribution in [1.29, 1.82) is 0 Å².